The molecule has 1 aliphatic rings. The molecule has 7 rings (SSSR count). The van der Waals surface area contributed by atoms with Gasteiger partial charge in [-0.1, -0.05) is 35.9 Å². The first-order valence-electron chi connectivity index (χ1n) is 15.6. The zero-order chi connectivity index (χ0) is 34.6. The Bertz CT molecular complexity index is 2210. The van der Waals surface area contributed by atoms with E-state index in [1.54, 1.807) is 66.7 Å². The number of anilines is 4. The molecule has 252 valence electrons. The minimum Gasteiger partial charge on any atom is -0.463 e. The van der Waals surface area contributed by atoms with Crippen molar-refractivity contribution in [3.8, 4) is 11.4 Å². The molecule has 4 aromatic carbocycles. The Balaban J connectivity index is 1.09. The molecule has 2 aromatic heterocycles. The molecule has 1 atom stereocenters. The van der Waals surface area contributed by atoms with Crippen LogP contribution in [0.5, 0.6) is 5.75 Å². The third-order valence-corrected chi connectivity index (χ3v) is 8.15. The lowest BCUT2D eigenvalue weighted by molar-refractivity contribution is -0.0390. The van der Waals surface area contributed by atoms with E-state index >= 15 is 0 Å². The van der Waals surface area contributed by atoms with Gasteiger partial charge in [0.15, 0.2) is 17.7 Å². The third-order valence-electron chi connectivity index (χ3n) is 7.86. The largest absolute Gasteiger partial charge is 0.463 e. The van der Waals surface area contributed by atoms with Gasteiger partial charge >= 0.3 is 0 Å². The average Bonchev–Trinajstić information content (AvgIpc) is 3.83. The van der Waals surface area contributed by atoms with Gasteiger partial charge in [0.1, 0.15) is 23.6 Å². The predicted octanol–water partition coefficient (Wildman–Crippen LogP) is 6.03. The van der Waals surface area contributed by atoms with Gasteiger partial charge in [-0.3, -0.25) is 9.59 Å². The second-order valence-electron chi connectivity index (χ2n) is 11.3. The van der Waals surface area contributed by atoms with Crippen LogP contribution >= 0.6 is 11.6 Å². The lowest BCUT2D eigenvalue weighted by Gasteiger charge is -2.17. The van der Waals surface area contributed by atoms with E-state index in [0.29, 0.717) is 63.8 Å². The lowest BCUT2D eigenvalue weighted by Crippen LogP contribution is -2.23. The maximum absolute atomic E-state index is 13.8. The SMILES string of the molecule is Nc1ccccc1NC(=O)c1ccc(CNC(=O)c2cnn(-c3cc4c(Nc5ccc(F)c(Cl)c5)ncnc4cc3OC3CCCO3)n2)cc1. The first kappa shape index (κ1) is 32.4. The summed E-state index contributed by atoms with van der Waals surface area (Å²) < 4.78 is 25.7. The van der Waals surface area contributed by atoms with Gasteiger partial charge in [0.2, 0.25) is 0 Å². The third kappa shape index (κ3) is 7.16. The number of hydrogen-bond acceptors (Lipinski definition) is 10. The van der Waals surface area contributed by atoms with Crippen LogP contribution in [0.3, 0.4) is 0 Å². The van der Waals surface area contributed by atoms with Gasteiger partial charge < -0.3 is 31.2 Å². The minimum absolute atomic E-state index is 0.0397. The fraction of sp³-hybridized carbons (Fsp3) is 0.143. The van der Waals surface area contributed by atoms with E-state index in [4.69, 9.17) is 26.8 Å². The Labute approximate surface area is 289 Å². The Morgan fingerprint density at radius 3 is 2.66 bits per heavy atom. The minimum atomic E-state index is -0.541. The number of para-hydroxylation sites is 2. The monoisotopic (exact) mass is 693 g/mol. The number of nitrogens with one attached hydrogen (secondary N) is 3. The van der Waals surface area contributed by atoms with Crippen molar-refractivity contribution in [2.75, 3.05) is 23.0 Å². The summed E-state index contributed by atoms with van der Waals surface area (Å²) in [6.07, 6.45) is 3.82. The van der Waals surface area contributed by atoms with Gasteiger partial charge in [0.25, 0.3) is 11.8 Å². The molecule has 0 saturated carbocycles. The van der Waals surface area contributed by atoms with Crippen LogP contribution < -0.4 is 26.4 Å². The van der Waals surface area contributed by atoms with E-state index in [1.807, 2.05) is 0 Å². The standard InChI is InChI=1S/C35H29ClFN9O4/c36-24-14-22(11-12-25(24)37)43-33-23-15-30(31(16-28(23)40-19-41-33)50-32-6-3-13-49-32)46-42-18-29(45-46)35(48)39-17-20-7-9-21(10-8-20)34(47)44-27-5-2-1-4-26(27)38/h1-2,4-5,7-12,14-16,18-19,32H,3,6,13,17,38H2,(H,39,48)(H,44,47)(H,40,41,43). The number of carbonyl (C=O) groups is 2. The number of rotatable bonds is 10. The molecule has 2 amide bonds. The van der Waals surface area contributed by atoms with Gasteiger partial charge in [-0.25, -0.2) is 14.4 Å². The highest BCUT2D eigenvalue weighted by Gasteiger charge is 2.22. The van der Waals surface area contributed by atoms with Crippen LogP contribution in [0.4, 0.5) is 27.3 Å². The van der Waals surface area contributed by atoms with Gasteiger partial charge in [-0.15, -0.1) is 9.90 Å². The number of halogens is 2. The molecule has 0 aliphatic carbocycles. The van der Waals surface area contributed by atoms with E-state index < -0.39 is 18.0 Å². The van der Waals surface area contributed by atoms with Gasteiger partial charge in [0.05, 0.1) is 34.7 Å². The lowest BCUT2D eigenvalue weighted by atomic mass is 10.1. The Morgan fingerprint density at radius 1 is 1.04 bits per heavy atom. The molecule has 0 radical (unpaired) electrons. The van der Waals surface area contributed by atoms with E-state index in [2.05, 4.69) is 36.1 Å². The molecule has 50 heavy (non-hydrogen) atoms. The van der Waals surface area contributed by atoms with Crippen molar-refractivity contribution >= 4 is 57.2 Å². The van der Waals surface area contributed by atoms with Crippen molar-refractivity contribution in [3.05, 3.63) is 119 Å². The molecule has 0 spiro atoms. The number of nitrogen functional groups attached to an aromatic ring is 1. The van der Waals surface area contributed by atoms with Gasteiger partial charge in [-0.2, -0.15) is 5.10 Å². The molecule has 15 heteroatoms. The van der Waals surface area contributed by atoms with E-state index in [1.165, 1.54) is 29.5 Å². The normalized spacial score (nSPS) is 14.0. The van der Waals surface area contributed by atoms with Crippen LogP contribution in [0, 0.1) is 5.82 Å². The highest BCUT2D eigenvalue weighted by atomic mass is 35.5. The zero-order valence-electron chi connectivity index (χ0n) is 26.3. The summed E-state index contributed by atoms with van der Waals surface area (Å²) in [6, 6.07) is 21.5. The van der Waals surface area contributed by atoms with E-state index in [9.17, 15) is 14.0 Å². The predicted molar refractivity (Wildman–Crippen MR) is 185 cm³/mol. The molecule has 1 aliphatic heterocycles. The summed E-state index contributed by atoms with van der Waals surface area (Å²) in [5.74, 6) is -0.499. The molecule has 13 nitrogen and oxygen atoms in total. The number of nitrogens with two attached hydrogens (primary N) is 1. The Hall–Kier alpha value is -6.12. The second kappa shape index (κ2) is 14.2. The van der Waals surface area contributed by atoms with Crippen LogP contribution in [0.1, 0.15) is 39.3 Å². The van der Waals surface area contributed by atoms with Crippen molar-refractivity contribution in [1.82, 2.24) is 30.3 Å². The fourth-order valence-corrected chi connectivity index (χ4v) is 5.43. The first-order chi connectivity index (χ1) is 24.3. The Kier molecular flexibility index (Phi) is 9.18. The number of amides is 2. The van der Waals surface area contributed by atoms with Crippen LogP contribution in [-0.2, 0) is 11.3 Å². The van der Waals surface area contributed by atoms with Crippen LogP contribution in [0.15, 0.2) is 91.4 Å². The summed E-state index contributed by atoms with van der Waals surface area (Å²) >= 11 is 5.99. The zero-order valence-corrected chi connectivity index (χ0v) is 27.0. The molecule has 1 fully saturated rings. The molecular formula is C35H29ClFN9O4. The second-order valence-corrected chi connectivity index (χ2v) is 11.7. The van der Waals surface area contributed by atoms with Crippen LogP contribution in [0.25, 0.3) is 16.6 Å². The fourth-order valence-electron chi connectivity index (χ4n) is 5.25. The van der Waals surface area contributed by atoms with Gasteiger partial charge in [-0.05, 0) is 60.5 Å². The van der Waals surface area contributed by atoms with Crippen molar-refractivity contribution < 1.29 is 23.5 Å². The van der Waals surface area contributed by atoms with Crippen molar-refractivity contribution in [2.45, 2.75) is 25.7 Å². The molecule has 0 bridgehead atoms. The van der Waals surface area contributed by atoms with Crippen molar-refractivity contribution in [2.24, 2.45) is 0 Å². The quantitative estimate of drug-likeness (QED) is 0.124. The smallest absolute Gasteiger partial charge is 0.273 e. The van der Waals surface area contributed by atoms with E-state index in [0.717, 1.165) is 12.0 Å². The van der Waals surface area contributed by atoms with Crippen molar-refractivity contribution in [1.29, 1.82) is 0 Å². The number of nitrogens with zero attached hydrogens (tertiary/aromatic N) is 5. The number of hydrogen-bond donors (Lipinski definition) is 4. The molecule has 1 saturated heterocycles. The summed E-state index contributed by atoms with van der Waals surface area (Å²) in [6.45, 7) is 0.759. The van der Waals surface area contributed by atoms with Crippen molar-refractivity contribution in [3.63, 3.8) is 0 Å². The molecular weight excluding hydrogens is 665 g/mol. The molecule has 3 heterocycles. The summed E-state index contributed by atoms with van der Waals surface area (Å²) in [5.41, 5.74) is 9.66. The average molecular weight is 694 g/mol. The van der Waals surface area contributed by atoms with Crippen LogP contribution in [0.2, 0.25) is 5.02 Å². The summed E-state index contributed by atoms with van der Waals surface area (Å²) in [4.78, 5) is 35.9. The molecule has 1 unspecified atom stereocenters. The van der Waals surface area contributed by atoms with Crippen LogP contribution in [-0.4, -0.2) is 49.7 Å². The highest BCUT2D eigenvalue weighted by molar-refractivity contribution is 6.31. The maximum Gasteiger partial charge on any atom is 0.273 e. The maximum atomic E-state index is 13.8. The number of aromatic nitrogens is 5. The summed E-state index contributed by atoms with van der Waals surface area (Å²) in [7, 11) is 0. The first-order valence-corrected chi connectivity index (χ1v) is 15.9. The number of benzene rings is 4. The molecule has 5 N–H and O–H groups in total. The van der Waals surface area contributed by atoms with E-state index in [-0.39, 0.29) is 23.2 Å². The highest BCUT2D eigenvalue weighted by Crippen LogP contribution is 2.34. The topological polar surface area (TPSA) is 171 Å². The Morgan fingerprint density at radius 2 is 1.88 bits per heavy atom. The number of carbonyl (C=O) groups excluding carboxylic acids is 2. The summed E-state index contributed by atoms with van der Waals surface area (Å²) in [5, 5.41) is 18.1. The van der Waals surface area contributed by atoms with Gasteiger partial charge in [0, 0.05) is 35.7 Å². The number of fused-ring (bicyclic) bond motifs is 1. The molecule has 6 aromatic rings. The number of ether oxygens (including phenoxy) is 2.